The second-order valence-electron chi connectivity index (χ2n) is 5.61. The summed E-state index contributed by atoms with van der Waals surface area (Å²) in [5, 5.41) is 11.2. The summed E-state index contributed by atoms with van der Waals surface area (Å²) in [5.41, 5.74) is -1.68. The van der Waals surface area contributed by atoms with Gasteiger partial charge in [0.15, 0.2) is 17.4 Å². The van der Waals surface area contributed by atoms with Crippen LogP contribution in [0.15, 0.2) is 12.1 Å². The first kappa shape index (κ1) is 17.8. The van der Waals surface area contributed by atoms with Crippen LogP contribution in [0.5, 0.6) is 5.75 Å². The normalized spacial score (nSPS) is 20.3. The molecule has 1 aromatic rings. The number of halogens is 4. The van der Waals surface area contributed by atoms with Gasteiger partial charge in [0, 0.05) is 25.2 Å². The summed E-state index contributed by atoms with van der Waals surface area (Å²) in [7, 11) is 0. The fourth-order valence-electron chi connectivity index (χ4n) is 2.31. The molecular formula is C14H14F4N2O4. The fourth-order valence-corrected chi connectivity index (χ4v) is 2.31. The summed E-state index contributed by atoms with van der Waals surface area (Å²) in [6, 6.07) is 0.0839. The van der Waals surface area contributed by atoms with Gasteiger partial charge in [0.05, 0.1) is 11.1 Å². The molecule has 1 saturated heterocycles. The maximum Gasteiger partial charge on any atom is 0.387 e. The van der Waals surface area contributed by atoms with E-state index in [1.807, 2.05) is 0 Å². The lowest BCUT2D eigenvalue weighted by Crippen LogP contribution is -2.37. The molecule has 2 rings (SSSR count). The Morgan fingerprint density at radius 2 is 2.00 bits per heavy atom. The van der Waals surface area contributed by atoms with E-state index in [0.717, 1.165) is 4.90 Å². The highest BCUT2D eigenvalue weighted by Gasteiger charge is 2.42. The number of nitrogens with one attached hydrogen (secondary N) is 1. The van der Waals surface area contributed by atoms with Crippen molar-refractivity contribution < 1.29 is 37.0 Å². The number of hydrogen-bond acceptors (Lipinski definition) is 3. The van der Waals surface area contributed by atoms with Crippen LogP contribution in [-0.4, -0.2) is 41.7 Å². The van der Waals surface area contributed by atoms with Crippen molar-refractivity contribution in [2.24, 2.45) is 5.41 Å². The molecule has 1 unspecified atom stereocenters. The maximum absolute atomic E-state index is 13.8. The molecule has 1 aromatic carbocycles. The molecule has 132 valence electrons. The van der Waals surface area contributed by atoms with Gasteiger partial charge >= 0.3 is 18.6 Å². The van der Waals surface area contributed by atoms with Gasteiger partial charge in [0.1, 0.15) is 0 Å². The minimum Gasteiger partial charge on any atom is -0.481 e. The Morgan fingerprint density at radius 3 is 2.54 bits per heavy atom. The van der Waals surface area contributed by atoms with E-state index in [4.69, 9.17) is 5.11 Å². The summed E-state index contributed by atoms with van der Waals surface area (Å²) in [6.45, 7) is -1.81. The van der Waals surface area contributed by atoms with E-state index in [9.17, 15) is 27.2 Å². The first-order chi connectivity index (χ1) is 11.1. The highest BCUT2D eigenvalue weighted by Crippen LogP contribution is 2.31. The standard InChI is InChI=1S/C14H14F4N2O4/c1-14(11(21)22)2-3-20(6-14)13(23)19-9-4-8(16)10(5-7(9)15)24-12(17)18/h4-5,12H,2-3,6H2,1H3,(H,19,23)(H,21,22). The molecule has 0 aliphatic carbocycles. The number of hydrogen-bond donors (Lipinski definition) is 2. The van der Waals surface area contributed by atoms with E-state index in [0.29, 0.717) is 12.1 Å². The topological polar surface area (TPSA) is 78.9 Å². The van der Waals surface area contributed by atoms with Crippen molar-refractivity contribution >= 4 is 17.7 Å². The Bertz CT molecular complexity index is 670. The predicted molar refractivity (Wildman–Crippen MR) is 73.9 cm³/mol. The van der Waals surface area contributed by atoms with Gasteiger partial charge in [-0.05, 0) is 13.3 Å². The molecule has 0 spiro atoms. The van der Waals surface area contributed by atoms with Crippen molar-refractivity contribution in [2.45, 2.75) is 20.0 Å². The van der Waals surface area contributed by atoms with Crippen LogP contribution >= 0.6 is 0 Å². The molecule has 0 saturated carbocycles. The number of amides is 2. The first-order valence-electron chi connectivity index (χ1n) is 6.85. The van der Waals surface area contributed by atoms with E-state index < -0.39 is 47.1 Å². The average Bonchev–Trinajstić information content (AvgIpc) is 2.88. The highest BCUT2D eigenvalue weighted by atomic mass is 19.3. The van der Waals surface area contributed by atoms with Crippen LogP contribution in [0.1, 0.15) is 13.3 Å². The lowest BCUT2D eigenvalue weighted by molar-refractivity contribution is -0.146. The van der Waals surface area contributed by atoms with E-state index in [-0.39, 0.29) is 19.5 Å². The van der Waals surface area contributed by atoms with Crippen LogP contribution in [0.2, 0.25) is 0 Å². The van der Waals surface area contributed by atoms with Gasteiger partial charge in [-0.15, -0.1) is 0 Å². The molecule has 1 atom stereocenters. The number of carbonyl (C=O) groups excluding carboxylic acids is 1. The zero-order valence-electron chi connectivity index (χ0n) is 12.5. The molecule has 10 heteroatoms. The number of anilines is 1. The number of nitrogens with zero attached hydrogens (tertiary/aromatic N) is 1. The number of carbonyl (C=O) groups is 2. The summed E-state index contributed by atoms with van der Waals surface area (Å²) in [6.07, 6.45) is 0.216. The van der Waals surface area contributed by atoms with Crippen LogP contribution in [0.3, 0.4) is 0 Å². The Labute approximate surface area is 134 Å². The second kappa shape index (κ2) is 6.54. The van der Waals surface area contributed by atoms with Crippen LogP contribution in [0, 0.1) is 17.0 Å². The number of carboxylic acids is 1. The largest absolute Gasteiger partial charge is 0.481 e. The Kier molecular flexibility index (Phi) is 4.86. The van der Waals surface area contributed by atoms with E-state index in [1.165, 1.54) is 6.92 Å². The van der Waals surface area contributed by atoms with Crippen molar-refractivity contribution in [3.8, 4) is 5.75 Å². The summed E-state index contributed by atoms with van der Waals surface area (Å²) in [5.74, 6) is -4.49. The first-order valence-corrected chi connectivity index (χ1v) is 6.85. The minimum absolute atomic E-state index is 0.0924. The SMILES string of the molecule is CC1(C(=O)O)CCN(C(=O)Nc2cc(F)c(OC(F)F)cc2F)C1. The Morgan fingerprint density at radius 1 is 1.33 bits per heavy atom. The van der Waals surface area contributed by atoms with Crippen molar-refractivity contribution in [1.82, 2.24) is 4.90 Å². The van der Waals surface area contributed by atoms with Crippen molar-refractivity contribution in [3.05, 3.63) is 23.8 Å². The van der Waals surface area contributed by atoms with Crippen LogP contribution < -0.4 is 10.1 Å². The predicted octanol–water partition coefficient (Wildman–Crippen LogP) is 2.89. The zero-order chi connectivity index (χ0) is 18.1. The molecule has 0 bridgehead atoms. The number of aliphatic carboxylic acids is 1. The number of benzene rings is 1. The number of carboxylic acid groups (broad SMARTS) is 1. The Hall–Kier alpha value is -2.52. The number of likely N-dealkylation sites (tertiary alicyclic amines) is 1. The van der Waals surface area contributed by atoms with Gasteiger partial charge in [0.2, 0.25) is 0 Å². The van der Waals surface area contributed by atoms with Crippen molar-refractivity contribution in [2.75, 3.05) is 18.4 Å². The number of urea groups is 1. The smallest absolute Gasteiger partial charge is 0.387 e. The fraction of sp³-hybridized carbons (Fsp3) is 0.429. The summed E-state index contributed by atoms with van der Waals surface area (Å²) in [4.78, 5) is 24.3. The van der Waals surface area contributed by atoms with Crippen LogP contribution in [0.25, 0.3) is 0 Å². The quantitative estimate of drug-likeness (QED) is 0.819. The van der Waals surface area contributed by atoms with Crippen LogP contribution in [0.4, 0.5) is 28.0 Å². The van der Waals surface area contributed by atoms with Gasteiger partial charge in [-0.1, -0.05) is 0 Å². The number of rotatable bonds is 4. The maximum atomic E-state index is 13.8. The van der Waals surface area contributed by atoms with E-state index in [1.54, 1.807) is 0 Å². The molecule has 24 heavy (non-hydrogen) atoms. The molecule has 1 aliphatic heterocycles. The third-order valence-electron chi connectivity index (χ3n) is 3.76. The number of alkyl halides is 2. The zero-order valence-corrected chi connectivity index (χ0v) is 12.5. The van der Waals surface area contributed by atoms with Gasteiger partial charge in [0.25, 0.3) is 0 Å². The molecule has 2 N–H and O–H groups in total. The third-order valence-corrected chi connectivity index (χ3v) is 3.76. The summed E-state index contributed by atoms with van der Waals surface area (Å²) < 4.78 is 55.3. The molecular weight excluding hydrogens is 336 g/mol. The van der Waals surface area contributed by atoms with E-state index in [2.05, 4.69) is 10.1 Å². The lowest BCUT2D eigenvalue weighted by Gasteiger charge is -2.20. The molecule has 1 heterocycles. The van der Waals surface area contributed by atoms with Gasteiger partial charge < -0.3 is 20.1 Å². The van der Waals surface area contributed by atoms with E-state index >= 15 is 0 Å². The third kappa shape index (κ3) is 3.69. The van der Waals surface area contributed by atoms with Gasteiger partial charge in [-0.3, -0.25) is 4.79 Å². The molecule has 1 aliphatic rings. The molecule has 6 nitrogen and oxygen atoms in total. The highest BCUT2D eigenvalue weighted by molar-refractivity contribution is 5.90. The molecule has 0 aromatic heterocycles. The minimum atomic E-state index is -3.32. The van der Waals surface area contributed by atoms with Crippen molar-refractivity contribution in [1.29, 1.82) is 0 Å². The summed E-state index contributed by atoms with van der Waals surface area (Å²) >= 11 is 0. The molecule has 2 amide bonds. The number of ether oxygens (including phenoxy) is 1. The molecule has 0 radical (unpaired) electrons. The lowest BCUT2D eigenvalue weighted by atomic mass is 9.90. The van der Waals surface area contributed by atoms with Gasteiger partial charge in [-0.2, -0.15) is 8.78 Å². The average molecular weight is 350 g/mol. The van der Waals surface area contributed by atoms with Crippen LogP contribution in [-0.2, 0) is 4.79 Å². The Balaban J connectivity index is 2.10. The monoisotopic (exact) mass is 350 g/mol. The van der Waals surface area contributed by atoms with Crippen molar-refractivity contribution in [3.63, 3.8) is 0 Å². The molecule has 1 fully saturated rings. The second-order valence-corrected chi connectivity index (χ2v) is 5.61. The van der Waals surface area contributed by atoms with Gasteiger partial charge in [-0.25, -0.2) is 13.6 Å².